The van der Waals surface area contributed by atoms with Gasteiger partial charge < -0.3 is 5.73 Å². The highest BCUT2D eigenvalue weighted by atomic mass is 32.2. The smallest absolute Gasteiger partial charge is 0.114 e. The third kappa shape index (κ3) is 4.07. The summed E-state index contributed by atoms with van der Waals surface area (Å²) in [6, 6.07) is 0. The summed E-state index contributed by atoms with van der Waals surface area (Å²) in [5, 5.41) is 0.998. The molecule has 0 spiro atoms. The topological polar surface area (TPSA) is 51.8 Å². The van der Waals surface area contributed by atoms with E-state index in [9.17, 15) is 0 Å². The SMILES string of the molecule is CCCCCSc1cnc(CN)cn1. The van der Waals surface area contributed by atoms with Crippen molar-refractivity contribution < 1.29 is 0 Å². The first-order valence-electron chi connectivity index (χ1n) is 5.00. The first kappa shape index (κ1) is 11.5. The minimum absolute atomic E-state index is 0.466. The molecule has 0 aliphatic heterocycles. The zero-order valence-corrected chi connectivity index (χ0v) is 9.39. The van der Waals surface area contributed by atoms with Gasteiger partial charge in [0.2, 0.25) is 0 Å². The van der Waals surface area contributed by atoms with Gasteiger partial charge in [-0.1, -0.05) is 19.8 Å². The molecule has 0 aliphatic carbocycles. The molecule has 0 amide bonds. The number of hydrogen-bond donors (Lipinski definition) is 1. The molecule has 4 heteroatoms. The van der Waals surface area contributed by atoms with E-state index in [-0.39, 0.29) is 0 Å². The molecule has 0 atom stereocenters. The molecule has 0 saturated carbocycles. The molecule has 78 valence electrons. The van der Waals surface area contributed by atoms with E-state index in [1.807, 2.05) is 0 Å². The molecule has 0 bridgehead atoms. The Balaban J connectivity index is 2.29. The van der Waals surface area contributed by atoms with Crippen LogP contribution in [-0.4, -0.2) is 15.7 Å². The first-order valence-corrected chi connectivity index (χ1v) is 5.99. The monoisotopic (exact) mass is 211 g/mol. The van der Waals surface area contributed by atoms with Gasteiger partial charge in [-0.3, -0.25) is 4.98 Å². The summed E-state index contributed by atoms with van der Waals surface area (Å²) in [6.45, 7) is 2.67. The summed E-state index contributed by atoms with van der Waals surface area (Å²) < 4.78 is 0. The number of unbranched alkanes of at least 4 members (excludes halogenated alkanes) is 2. The highest BCUT2D eigenvalue weighted by Gasteiger charge is 1.96. The predicted octanol–water partition coefficient (Wildman–Crippen LogP) is 2.22. The molecule has 14 heavy (non-hydrogen) atoms. The van der Waals surface area contributed by atoms with Crippen LogP contribution in [0.3, 0.4) is 0 Å². The summed E-state index contributed by atoms with van der Waals surface area (Å²) in [5.74, 6) is 1.13. The average Bonchev–Trinajstić information content (AvgIpc) is 2.25. The second-order valence-corrected chi connectivity index (χ2v) is 4.22. The Morgan fingerprint density at radius 2 is 2.14 bits per heavy atom. The van der Waals surface area contributed by atoms with Gasteiger partial charge in [0, 0.05) is 6.54 Å². The van der Waals surface area contributed by atoms with Crippen molar-refractivity contribution in [1.29, 1.82) is 0 Å². The van der Waals surface area contributed by atoms with E-state index in [1.54, 1.807) is 24.2 Å². The number of nitrogens with two attached hydrogens (primary N) is 1. The molecule has 1 aromatic heterocycles. The fourth-order valence-electron chi connectivity index (χ4n) is 1.05. The minimum atomic E-state index is 0.466. The van der Waals surface area contributed by atoms with Crippen molar-refractivity contribution in [2.24, 2.45) is 5.73 Å². The van der Waals surface area contributed by atoms with Gasteiger partial charge in [-0.15, -0.1) is 11.8 Å². The zero-order chi connectivity index (χ0) is 10.2. The van der Waals surface area contributed by atoms with Crippen LogP contribution in [0.15, 0.2) is 17.4 Å². The van der Waals surface area contributed by atoms with Gasteiger partial charge in [-0.25, -0.2) is 4.98 Å². The highest BCUT2D eigenvalue weighted by Crippen LogP contribution is 2.15. The molecule has 0 aliphatic rings. The Labute approximate surface area is 89.5 Å². The van der Waals surface area contributed by atoms with Crippen molar-refractivity contribution in [1.82, 2.24) is 9.97 Å². The fourth-order valence-corrected chi connectivity index (χ4v) is 1.86. The Kier molecular flexibility index (Phi) is 5.56. The quantitative estimate of drug-likeness (QED) is 0.579. The lowest BCUT2D eigenvalue weighted by Gasteiger charge is -2.00. The van der Waals surface area contributed by atoms with Crippen LogP contribution in [0, 0.1) is 0 Å². The van der Waals surface area contributed by atoms with Crippen LogP contribution in [0.2, 0.25) is 0 Å². The van der Waals surface area contributed by atoms with E-state index in [1.165, 1.54) is 19.3 Å². The second-order valence-electron chi connectivity index (χ2n) is 3.11. The van der Waals surface area contributed by atoms with E-state index >= 15 is 0 Å². The summed E-state index contributed by atoms with van der Waals surface area (Å²) >= 11 is 1.77. The molecule has 2 N–H and O–H groups in total. The van der Waals surface area contributed by atoms with E-state index in [0.29, 0.717) is 6.54 Å². The highest BCUT2D eigenvalue weighted by molar-refractivity contribution is 7.99. The van der Waals surface area contributed by atoms with Gasteiger partial charge >= 0.3 is 0 Å². The largest absolute Gasteiger partial charge is 0.325 e. The van der Waals surface area contributed by atoms with Crippen LogP contribution >= 0.6 is 11.8 Å². The van der Waals surface area contributed by atoms with Crippen LogP contribution in [-0.2, 0) is 6.54 Å². The maximum Gasteiger partial charge on any atom is 0.114 e. The lowest BCUT2D eigenvalue weighted by molar-refractivity contribution is 0.778. The van der Waals surface area contributed by atoms with Crippen LogP contribution in [0.25, 0.3) is 0 Å². The Morgan fingerprint density at radius 3 is 2.71 bits per heavy atom. The van der Waals surface area contributed by atoms with Gasteiger partial charge in [0.25, 0.3) is 0 Å². The van der Waals surface area contributed by atoms with Crippen molar-refractivity contribution in [3.63, 3.8) is 0 Å². The van der Waals surface area contributed by atoms with Gasteiger partial charge in [0.1, 0.15) is 5.03 Å². The van der Waals surface area contributed by atoms with Crippen LogP contribution in [0.1, 0.15) is 31.9 Å². The number of rotatable bonds is 6. The van der Waals surface area contributed by atoms with E-state index in [4.69, 9.17) is 5.73 Å². The Morgan fingerprint density at radius 1 is 1.29 bits per heavy atom. The normalized spacial score (nSPS) is 10.4. The lowest BCUT2D eigenvalue weighted by atomic mass is 10.3. The molecule has 1 rings (SSSR count). The van der Waals surface area contributed by atoms with Crippen molar-refractivity contribution in [3.8, 4) is 0 Å². The summed E-state index contributed by atoms with van der Waals surface area (Å²) in [6.07, 6.45) is 7.36. The second kappa shape index (κ2) is 6.79. The lowest BCUT2D eigenvalue weighted by Crippen LogP contribution is -2.00. The molecule has 0 fully saturated rings. The molecule has 1 heterocycles. The minimum Gasteiger partial charge on any atom is -0.325 e. The molecular weight excluding hydrogens is 194 g/mol. The van der Waals surface area contributed by atoms with E-state index in [0.717, 1.165) is 16.5 Å². The molecular formula is C10H17N3S. The first-order chi connectivity index (χ1) is 6.86. The number of aromatic nitrogens is 2. The van der Waals surface area contributed by atoms with Gasteiger partial charge in [0.05, 0.1) is 18.1 Å². The standard InChI is InChI=1S/C10H17N3S/c1-2-3-4-5-14-10-8-12-9(6-11)7-13-10/h7-8H,2-6,11H2,1H3. The summed E-state index contributed by atoms with van der Waals surface area (Å²) in [5.41, 5.74) is 6.28. The number of thioether (sulfide) groups is 1. The zero-order valence-electron chi connectivity index (χ0n) is 8.57. The van der Waals surface area contributed by atoms with Crippen LogP contribution in [0.5, 0.6) is 0 Å². The predicted molar refractivity (Wildman–Crippen MR) is 60.2 cm³/mol. The maximum atomic E-state index is 5.43. The number of hydrogen-bond acceptors (Lipinski definition) is 4. The van der Waals surface area contributed by atoms with Crippen molar-refractivity contribution in [2.45, 2.75) is 37.8 Å². The van der Waals surface area contributed by atoms with Gasteiger partial charge in [-0.2, -0.15) is 0 Å². The molecule has 0 unspecified atom stereocenters. The van der Waals surface area contributed by atoms with Crippen LogP contribution < -0.4 is 5.73 Å². The molecule has 0 saturated heterocycles. The molecule has 0 radical (unpaired) electrons. The van der Waals surface area contributed by atoms with Crippen molar-refractivity contribution in [2.75, 3.05) is 5.75 Å². The van der Waals surface area contributed by atoms with E-state index < -0.39 is 0 Å². The van der Waals surface area contributed by atoms with E-state index in [2.05, 4.69) is 16.9 Å². The fraction of sp³-hybridized carbons (Fsp3) is 0.600. The number of nitrogens with zero attached hydrogens (tertiary/aromatic N) is 2. The summed E-state index contributed by atoms with van der Waals surface area (Å²) in [4.78, 5) is 8.46. The van der Waals surface area contributed by atoms with Crippen molar-refractivity contribution in [3.05, 3.63) is 18.1 Å². The molecule has 0 aromatic carbocycles. The van der Waals surface area contributed by atoms with Gasteiger partial charge in [-0.05, 0) is 12.2 Å². The third-order valence-corrected chi connectivity index (χ3v) is 2.89. The Hall–Kier alpha value is -0.610. The van der Waals surface area contributed by atoms with Gasteiger partial charge in [0.15, 0.2) is 0 Å². The summed E-state index contributed by atoms with van der Waals surface area (Å²) in [7, 11) is 0. The van der Waals surface area contributed by atoms with Crippen molar-refractivity contribution >= 4 is 11.8 Å². The van der Waals surface area contributed by atoms with Crippen LogP contribution in [0.4, 0.5) is 0 Å². The Bertz CT molecular complexity index is 248. The average molecular weight is 211 g/mol. The maximum absolute atomic E-state index is 5.43. The molecule has 1 aromatic rings. The third-order valence-electron chi connectivity index (χ3n) is 1.89. The molecule has 3 nitrogen and oxygen atoms in total.